The summed E-state index contributed by atoms with van der Waals surface area (Å²) < 4.78 is 30.6. The fraction of sp³-hybridized carbons (Fsp3) is 0.696. The first kappa shape index (κ1) is 23.0. The highest BCUT2D eigenvalue weighted by atomic mass is 19.1. The molecule has 0 atom stereocenters. The Kier molecular flexibility index (Phi) is 9.36. The third kappa shape index (κ3) is 6.93. The van der Waals surface area contributed by atoms with Crippen LogP contribution in [0.25, 0.3) is 0 Å². The van der Waals surface area contributed by atoms with Gasteiger partial charge in [-0.25, -0.2) is 4.39 Å². The van der Waals surface area contributed by atoms with E-state index in [4.69, 9.17) is 14.2 Å². The van der Waals surface area contributed by atoms with Crippen LogP contribution in [0.3, 0.4) is 0 Å². The number of aliphatic imine (C=N–C) groups is 1. The lowest BCUT2D eigenvalue weighted by Gasteiger charge is -2.38. The zero-order valence-corrected chi connectivity index (χ0v) is 18.1. The average molecular weight is 422 g/mol. The minimum Gasteiger partial charge on any atom is -0.381 e. The van der Waals surface area contributed by atoms with Crippen molar-refractivity contribution in [2.45, 2.75) is 37.5 Å². The van der Waals surface area contributed by atoms with E-state index in [1.807, 2.05) is 6.07 Å². The number of halogens is 1. The molecule has 0 unspecified atom stereocenters. The number of hydrogen-bond donors (Lipinski definition) is 2. The lowest BCUT2D eigenvalue weighted by molar-refractivity contribution is 0.0203. The summed E-state index contributed by atoms with van der Waals surface area (Å²) in [6, 6.07) is 6.95. The molecule has 1 aromatic carbocycles. The third-order valence-electron chi connectivity index (χ3n) is 6.16. The van der Waals surface area contributed by atoms with Gasteiger partial charge in [-0.15, -0.1) is 0 Å². The van der Waals surface area contributed by atoms with Crippen molar-refractivity contribution < 1.29 is 18.6 Å². The molecule has 0 aromatic heterocycles. The van der Waals surface area contributed by atoms with E-state index in [-0.39, 0.29) is 11.2 Å². The van der Waals surface area contributed by atoms with Crippen molar-refractivity contribution in [3.8, 4) is 0 Å². The molecular weight excluding hydrogens is 385 g/mol. The van der Waals surface area contributed by atoms with Gasteiger partial charge in [0, 0.05) is 65.2 Å². The first-order valence-electron chi connectivity index (χ1n) is 11.2. The standard InChI is InChI=1S/C23H36FN3O3/c1-25-22(26-10-3-11-30-17-19-6-12-28-13-7-19)27-18-23(8-14-29-15-9-23)20-4-2-5-21(24)16-20/h2,4-5,16,19H,3,6-15,17-18H2,1H3,(H2,25,26,27). The van der Waals surface area contributed by atoms with Crippen molar-refractivity contribution in [3.63, 3.8) is 0 Å². The predicted molar refractivity (Wildman–Crippen MR) is 116 cm³/mol. The fourth-order valence-electron chi connectivity index (χ4n) is 4.17. The molecule has 0 aliphatic carbocycles. The molecule has 2 fully saturated rings. The number of hydrogen-bond acceptors (Lipinski definition) is 4. The van der Waals surface area contributed by atoms with Crippen LogP contribution in [0, 0.1) is 11.7 Å². The van der Waals surface area contributed by atoms with Gasteiger partial charge in [0.2, 0.25) is 0 Å². The van der Waals surface area contributed by atoms with E-state index < -0.39 is 0 Å². The van der Waals surface area contributed by atoms with E-state index >= 15 is 0 Å². The summed E-state index contributed by atoms with van der Waals surface area (Å²) >= 11 is 0. The first-order valence-corrected chi connectivity index (χ1v) is 11.2. The minimum absolute atomic E-state index is 0.148. The Bertz CT molecular complexity index is 659. The number of nitrogens with zero attached hydrogens (tertiary/aromatic N) is 1. The molecule has 2 N–H and O–H groups in total. The van der Waals surface area contributed by atoms with Crippen LogP contribution in [0.1, 0.15) is 37.7 Å². The van der Waals surface area contributed by atoms with Gasteiger partial charge in [0.1, 0.15) is 5.82 Å². The second-order valence-corrected chi connectivity index (χ2v) is 8.24. The third-order valence-corrected chi connectivity index (χ3v) is 6.16. The van der Waals surface area contributed by atoms with Crippen LogP contribution in [0.4, 0.5) is 4.39 Å². The highest BCUT2D eigenvalue weighted by Gasteiger charge is 2.34. The van der Waals surface area contributed by atoms with E-state index in [1.165, 1.54) is 6.07 Å². The van der Waals surface area contributed by atoms with Gasteiger partial charge in [-0.2, -0.15) is 0 Å². The molecule has 3 rings (SSSR count). The van der Waals surface area contributed by atoms with Gasteiger partial charge in [-0.3, -0.25) is 4.99 Å². The largest absolute Gasteiger partial charge is 0.381 e. The molecule has 2 aliphatic rings. The van der Waals surface area contributed by atoms with Crippen molar-refractivity contribution in [1.82, 2.24) is 10.6 Å². The molecule has 6 nitrogen and oxygen atoms in total. The molecule has 0 spiro atoms. The molecule has 0 bridgehead atoms. The Balaban J connectivity index is 1.40. The smallest absolute Gasteiger partial charge is 0.191 e. The topological polar surface area (TPSA) is 64.1 Å². The van der Waals surface area contributed by atoms with E-state index in [0.717, 1.165) is 76.6 Å². The molecule has 2 saturated heterocycles. The molecule has 2 heterocycles. The number of ether oxygens (including phenoxy) is 3. The first-order chi connectivity index (χ1) is 14.7. The normalized spacial score (nSPS) is 20.1. The van der Waals surface area contributed by atoms with Gasteiger partial charge in [0.05, 0.1) is 0 Å². The molecule has 2 aliphatic heterocycles. The van der Waals surface area contributed by atoms with Crippen molar-refractivity contribution in [3.05, 3.63) is 35.6 Å². The molecule has 0 saturated carbocycles. The summed E-state index contributed by atoms with van der Waals surface area (Å²) in [4.78, 5) is 4.34. The maximum atomic E-state index is 13.8. The van der Waals surface area contributed by atoms with Crippen LogP contribution in [0.5, 0.6) is 0 Å². The molecule has 0 radical (unpaired) electrons. The lowest BCUT2D eigenvalue weighted by Crippen LogP contribution is -2.48. The van der Waals surface area contributed by atoms with Gasteiger partial charge >= 0.3 is 0 Å². The Hall–Kier alpha value is -1.70. The molecular formula is C23H36FN3O3. The Morgan fingerprint density at radius 2 is 1.93 bits per heavy atom. The van der Waals surface area contributed by atoms with Crippen LogP contribution in [-0.2, 0) is 19.6 Å². The summed E-state index contributed by atoms with van der Waals surface area (Å²) in [7, 11) is 1.77. The SMILES string of the molecule is CN=C(NCCCOCC1CCOCC1)NCC1(c2cccc(F)c2)CCOCC1. The summed E-state index contributed by atoms with van der Waals surface area (Å²) in [5.74, 6) is 1.21. The summed E-state index contributed by atoms with van der Waals surface area (Å²) in [5, 5.41) is 6.81. The van der Waals surface area contributed by atoms with E-state index in [2.05, 4.69) is 15.6 Å². The van der Waals surface area contributed by atoms with Gasteiger partial charge in [-0.05, 0) is 55.7 Å². The summed E-state index contributed by atoms with van der Waals surface area (Å²) in [6.45, 7) is 6.16. The second-order valence-electron chi connectivity index (χ2n) is 8.24. The number of rotatable bonds is 9. The monoisotopic (exact) mass is 421 g/mol. The number of benzene rings is 1. The Morgan fingerprint density at radius 1 is 1.17 bits per heavy atom. The summed E-state index contributed by atoms with van der Waals surface area (Å²) in [6.07, 6.45) is 4.85. The average Bonchev–Trinajstić information content (AvgIpc) is 2.79. The highest BCUT2D eigenvalue weighted by Crippen LogP contribution is 2.34. The summed E-state index contributed by atoms with van der Waals surface area (Å²) in [5.41, 5.74) is 0.875. The van der Waals surface area contributed by atoms with Crippen molar-refractivity contribution in [2.24, 2.45) is 10.9 Å². The van der Waals surface area contributed by atoms with Crippen LogP contribution < -0.4 is 10.6 Å². The van der Waals surface area contributed by atoms with Gasteiger partial charge in [0.25, 0.3) is 0 Å². The van der Waals surface area contributed by atoms with Crippen LogP contribution in [0.15, 0.2) is 29.3 Å². The maximum absolute atomic E-state index is 13.8. The van der Waals surface area contributed by atoms with Crippen LogP contribution in [0.2, 0.25) is 0 Å². The van der Waals surface area contributed by atoms with E-state index in [0.29, 0.717) is 25.7 Å². The maximum Gasteiger partial charge on any atom is 0.191 e. The molecule has 0 amide bonds. The Morgan fingerprint density at radius 3 is 2.67 bits per heavy atom. The highest BCUT2D eigenvalue weighted by molar-refractivity contribution is 5.79. The molecule has 30 heavy (non-hydrogen) atoms. The van der Waals surface area contributed by atoms with Gasteiger partial charge in [0.15, 0.2) is 5.96 Å². The van der Waals surface area contributed by atoms with E-state index in [1.54, 1.807) is 19.2 Å². The minimum atomic E-state index is -0.193. The predicted octanol–water partition coefficient (Wildman–Crippen LogP) is 2.87. The van der Waals surface area contributed by atoms with Crippen molar-refractivity contribution in [2.75, 3.05) is 59.8 Å². The lowest BCUT2D eigenvalue weighted by atomic mass is 9.74. The molecule has 7 heteroatoms. The van der Waals surface area contributed by atoms with Crippen LogP contribution >= 0.6 is 0 Å². The zero-order chi connectivity index (χ0) is 21.1. The quantitative estimate of drug-likeness (QED) is 0.365. The van der Waals surface area contributed by atoms with Crippen molar-refractivity contribution >= 4 is 5.96 Å². The van der Waals surface area contributed by atoms with Gasteiger partial charge in [-0.1, -0.05) is 12.1 Å². The van der Waals surface area contributed by atoms with Gasteiger partial charge < -0.3 is 24.8 Å². The fourth-order valence-corrected chi connectivity index (χ4v) is 4.17. The molecule has 168 valence electrons. The number of guanidine groups is 1. The zero-order valence-electron chi connectivity index (χ0n) is 18.1. The molecule has 1 aromatic rings. The van der Waals surface area contributed by atoms with Crippen LogP contribution in [-0.4, -0.2) is 65.7 Å². The Labute approximate surface area is 179 Å². The van der Waals surface area contributed by atoms with E-state index in [9.17, 15) is 4.39 Å². The number of nitrogens with one attached hydrogen (secondary N) is 2. The second kappa shape index (κ2) is 12.2. The van der Waals surface area contributed by atoms with Crippen molar-refractivity contribution in [1.29, 1.82) is 0 Å².